The van der Waals surface area contributed by atoms with Gasteiger partial charge in [-0.05, 0) is 19.1 Å². The number of aryl methyl sites for hydroxylation is 1. The number of hydrogen-bond donors (Lipinski definition) is 2. The Morgan fingerprint density at radius 2 is 1.67 bits per heavy atom. The number of nitrogen functional groups attached to an aromatic ring is 1. The third-order valence-electron chi connectivity index (χ3n) is 3.11. The lowest BCUT2D eigenvalue weighted by Gasteiger charge is -2.13. The summed E-state index contributed by atoms with van der Waals surface area (Å²) in [5.41, 5.74) is 8.44. The number of rotatable bonds is 4. The van der Waals surface area contributed by atoms with Gasteiger partial charge in [-0.25, -0.2) is 0 Å². The summed E-state index contributed by atoms with van der Waals surface area (Å²) in [6.07, 6.45) is 0. The van der Waals surface area contributed by atoms with Gasteiger partial charge in [0.15, 0.2) is 0 Å². The normalized spacial score (nSPS) is 10.0. The molecule has 0 spiro atoms. The van der Waals surface area contributed by atoms with Gasteiger partial charge in [0, 0.05) is 17.7 Å². The smallest absolute Gasteiger partial charge is 0.255 e. The predicted octanol–water partition coefficient (Wildman–Crippen LogP) is 2.85. The topological polar surface area (TPSA) is 73.6 Å². The number of carbonyl (C=O) groups excluding carboxylic acids is 1. The number of carbonyl (C=O) groups is 1. The van der Waals surface area contributed by atoms with E-state index >= 15 is 0 Å². The van der Waals surface area contributed by atoms with E-state index in [1.807, 2.05) is 19.1 Å². The Bertz CT molecular complexity index is 651. The zero-order chi connectivity index (χ0) is 15.4. The van der Waals surface area contributed by atoms with E-state index in [9.17, 15) is 4.79 Å². The number of nitrogens with two attached hydrogens (primary N) is 1. The van der Waals surface area contributed by atoms with Crippen molar-refractivity contribution in [1.29, 1.82) is 0 Å². The molecule has 2 aromatic carbocycles. The molecule has 3 N–H and O–H groups in total. The van der Waals surface area contributed by atoms with Crippen LogP contribution in [0.25, 0.3) is 0 Å². The Hall–Kier alpha value is -2.69. The molecule has 0 unspecified atom stereocenters. The van der Waals surface area contributed by atoms with Crippen molar-refractivity contribution >= 4 is 17.3 Å². The summed E-state index contributed by atoms with van der Waals surface area (Å²) in [7, 11) is 3.03. The Balaban J connectivity index is 2.29. The fourth-order valence-corrected chi connectivity index (χ4v) is 1.92. The van der Waals surface area contributed by atoms with E-state index in [4.69, 9.17) is 15.2 Å². The third-order valence-corrected chi connectivity index (χ3v) is 3.11. The van der Waals surface area contributed by atoms with Crippen molar-refractivity contribution in [3.8, 4) is 11.5 Å². The maximum absolute atomic E-state index is 12.2. The summed E-state index contributed by atoms with van der Waals surface area (Å²) in [6, 6.07) is 10.6. The quantitative estimate of drug-likeness (QED) is 0.848. The predicted molar refractivity (Wildman–Crippen MR) is 83.1 cm³/mol. The van der Waals surface area contributed by atoms with Gasteiger partial charge in [-0.15, -0.1) is 0 Å². The van der Waals surface area contributed by atoms with E-state index in [0.29, 0.717) is 28.4 Å². The summed E-state index contributed by atoms with van der Waals surface area (Å²) < 4.78 is 10.4. The van der Waals surface area contributed by atoms with Crippen LogP contribution in [0.5, 0.6) is 11.5 Å². The van der Waals surface area contributed by atoms with Gasteiger partial charge in [-0.3, -0.25) is 4.79 Å². The minimum Gasteiger partial charge on any atom is -0.495 e. The van der Waals surface area contributed by atoms with Crippen LogP contribution in [-0.2, 0) is 0 Å². The van der Waals surface area contributed by atoms with Crippen LogP contribution in [-0.4, -0.2) is 20.1 Å². The molecule has 5 nitrogen and oxygen atoms in total. The monoisotopic (exact) mass is 286 g/mol. The lowest BCUT2D eigenvalue weighted by atomic mass is 10.1. The summed E-state index contributed by atoms with van der Waals surface area (Å²) >= 11 is 0. The first-order chi connectivity index (χ1) is 10.0. The molecule has 5 heteroatoms. The average Bonchev–Trinajstić information content (AvgIpc) is 2.49. The highest BCUT2D eigenvalue weighted by molar-refractivity contribution is 6.05. The Morgan fingerprint density at radius 3 is 2.24 bits per heavy atom. The van der Waals surface area contributed by atoms with Crippen LogP contribution in [0.3, 0.4) is 0 Å². The van der Waals surface area contributed by atoms with Gasteiger partial charge in [-0.1, -0.05) is 17.7 Å². The SMILES string of the molecule is COc1cc(NC(=O)c2ccc(C)cc2)c(OC)cc1N. The van der Waals surface area contributed by atoms with Crippen molar-refractivity contribution < 1.29 is 14.3 Å². The Morgan fingerprint density at radius 1 is 1.05 bits per heavy atom. The van der Waals surface area contributed by atoms with Crippen molar-refractivity contribution in [2.45, 2.75) is 6.92 Å². The van der Waals surface area contributed by atoms with Crippen molar-refractivity contribution in [3.63, 3.8) is 0 Å². The van der Waals surface area contributed by atoms with Crippen molar-refractivity contribution in [1.82, 2.24) is 0 Å². The minimum atomic E-state index is -0.222. The van der Waals surface area contributed by atoms with Crippen LogP contribution in [0.4, 0.5) is 11.4 Å². The van der Waals surface area contributed by atoms with Crippen LogP contribution in [0.1, 0.15) is 15.9 Å². The standard InChI is InChI=1S/C16H18N2O3/c1-10-4-6-11(7-5-10)16(19)18-13-9-14(20-2)12(17)8-15(13)21-3/h4-9H,17H2,1-3H3,(H,18,19). The Labute approximate surface area is 123 Å². The molecule has 0 saturated heterocycles. The molecule has 21 heavy (non-hydrogen) atoms. The molecule has 0 aromatic heterocycles. The number of nitrogens with one attached hydrogen (secondary N) is 1. The van der Waals surface area contributed by atoms with Gasteiger partial charge in [0.2, 0.25) is 0 Å². The molecule has 0 aliphatic heterocycles. The summed E-state index contributed by atoms with van der Waals surface area (Å²) in [5.74, 6) is 0.740. The second kappa shape index (κ2) is 6.17. The van der Waals surface area contributed by atoms with Crippen LogP contribution >= 0.6 is 0 Å². The van der Waals surface area contributed by atoms with E-state index in [2.05, 4.69) is 5.32 Å². The fourth-order valence-electron chi connectivity index (χ4n) is 1.92. The zero-order valence-electron chi connectivity index (χ0n) is 12.3. The van der Waals surface area contributed by atoms with Gasteiger partial charge >= 0.3 is 0 Å². The molecule has 2 aromatic rings. The van der Waals surface area contributed by atoms with Crippen LogP contribution < -0.4 is 20.5 Å². The summed E-state index contributed by atoms with van der Waals surface area (Å²) in [5, 5.41) is 2.80. The Kier molecular flexibility index (Phi) is 4.33. The highest BCUT2D eigenvalue weighted by Crippen LogP contribution is 2.34. The molecule has 0 radical (unpaired) electrons. The average molecular weight is 286 g/mol. The van der Waals surface area contributed by atoms with Gasteiger partial charge < -0.3 is 20.5 Å². The first-order valence-corrected chi connectivity index (χ1v) is 6.44. The number of anilines is 2. The summed E-state index contributed by atoms with van der Waals surface area (Å²) in [6.45, 7) is 1.97. The minimum absolute atomic E-state index is 0.222. The highest BCUT2D eigenvalue weighted by atomic mass is 16.5. The van der Waals surface area contributed by atoms with Crippen molar-refractivity contribution in [2.24, 2.45) is 0 Å². The molecule has 0 atom stereocenters. The molecule has 0 aliphatic carbocycles. The number of amides is 1. The molecule has 2 rings (SSSR count). The van der Waals surface area contributed by atoms with Gasteiger partial charge in [-0.2, -0.15) is 0 Å². The molecular weight excluding hydrogens is 268 g/mol. The van der Waals surface area contributed by atoms with E-state index < -0.39 is 0 Å². The number of hydrogen-bond acceptors (Lipinski definition) is 4. The van der Waals surface area contributed by atoms with Gasteiger partial charge in [0.25, 0.3) is 5.91 Å². The second-order valence-corrected chi connectivity index (χ2v) is 4.61. The van der Waals surface area contributed by atoms with Crippen LogP contribution in [0.15, 0.2) is 36.4 Å². The summed E-state index contributed by atoms with van der Waals surface area (Å²) in [4.78, 5) is 12.2. The third kappa shape index (κ3) is 3.25. The molecule has 0 heterocycles. The maximum atomic E-state index is 12.2. The fraction of sp³-hybridized carbons (Fsp3) is 0.188. The molecule has 110 valence electrons. The number of methoxy groups -OCH3 is 2. The molecule has 0 aliphatic rings. The lowest BCUT2D eigenvalue weighted by molar-refractivity contribution is 0.102. The largest absolute Gasteiger partial charge is 0.495 e. The van der Waals surface area contributed by atoms with E-state index in [1.165, 1.54) is 14.2 Å². The molecule has 1 amide bonds. The first kappa shape index (κ1) is 14.7. The van der Waals surface area contributed by atoms with E-state index in [-0.39, 0.29) is 5.91 Å². The van der Waals surface area contributed by atoms with Crippen molar-refractivity contribution in [3.05, 3.63) is 47.5 Å². The molecular formula is C16H18N2O3. The highest BCUT2D eigenvalue weighted by Gasteiger charge is 2.13. The zero-order valence-corrected chi connectivity index (χ0v) is 12.3. The number of benzene rings is 2. The van der Waals surface area contributed by atoms with Gasteiger partial charge in [0.05, 0.1) is 25.6 Å². The second-order valence-electron chi connectivity index (χ2n) is 4.61. The first-order valence-electron chi connectivity index (χ1n) is 6.44. The molecule has 0 fully saturated rings. The maximum Gasteiger partial charge on any atom is 0.255 e. The van der Waals surface area contributed by atoms with Gasteiger partial charge in [0.1, 0.15) is 11.5 Å². The van der Waals surface area contributed by atoms with Crippen LogP contribution in [0.2, 0.25) is 0 Å². The molecule has 0 saturated carbocycles. The van der Waals surface area contributed by atoms with Crippen LogP contribution in [0, 0.1) is 6.92 Å². The van der Waals surface area contributed by atoms with E-state index in [1.54, 1.807) is 24.3 Å². The lowest BCUT2D eigenvalue weighted by Crippen LogP contribution is -2.13. The number of ether oxygens (including phenoxy) is 2. The van der Waals surface area contributed by atoms with Crippen molar-refractivity contribution in [2.75, 3.05) is 25.3 Å². The van der Waals surface area contributed by atoms with E-state index in [0.717, 1.165) is 5.56 Å². The molecule has 0 bridgehead atoms.